The first-order chi connectivity index (χ1) is 9.82. The Hall–Kier alpha value is -0.410. The summed E-state index contributed by atoms with van der Waals surface area (Å²) in [5.41, 5.74) is -0.0316. The molecule has 0 aromatic heterocycles. The zero-order valence-electron chi connectivity index (χ0n) is 16.0. The molecule has 0 N–H and O–H groups in total. The fourth-order valence-corrected chi connectivity index (χ4v) is 4.33. The van der Waals surface area contributed by atoms with E-state index in [0.717, 1.165) is 13.1 Å². The van der Waals surface area contributed by atoms with Gasteiger partial charge in [0.15, 0.2) is 5.78 Å². The normalized spacial score (nSPS) is 28.2. The number of piperazine rings is 1. The van der Waals surface area contributed by atoms with E-state index in [4.69, 9.17) is 0 Å². The molecule has 0 aromatic rings. The van der Waals surface area contributed by atoms with Crippen LogP contribution in [0.4, 0.5) is 0 Å². The summed E-state index contributed by atoms with van der Waals surface area (Å²) in [6.07, 6.45) is 3.22. The van der Waals surface area contributed by atoms with Gasteiger partial charge in [-0.15, -0.1) is 0 Å². The highest BCUT2D eigenvalue weighted by molar-refractivity contribution is 5.88. The molecular formula is C19H36N2O. The average Bonchev–Trinajstić information content (AvgIpc) is 2.58. The van der Waals surface area contributed by atoms with E-state index in [1.54, 1.807) is 0 Å². The SMILES string of the molecule is CC(C)(C)CC(=O)C(C)(C)N1CC2CCC(C1)N2C(C)(C)C. The molecule has 2 unspecified atom stereocenters. The molecule has 2 saturated heterocycles. The van der Waals surface area contributed by atoms with Gasteiger partial charge in [0.25, 0.3) is 0 Å². The van der Waals surface area contributed by atoms with Crippen LogP contribution in [0.5, 0.6) is 0 Å². The highest BCUT2D eigenvalue weighted by atomic mass is 16.1. The van der Waals surface area contributed by atoms with Crippen LogP contribution in [0.2, 0.25) is 0 Å². The second-order valence-corrected chi connectivity index (χ2v) is 10.1. The van der Waals surface area contributed by atoms with Gasteiger partial charge >= 0.3 is 0 Å². The van der Waals surface area contributed by atoms with Gasteiger partial charge in [-0.25, -0.2) is 0 Å². The quantitative estimate of drug-likeness (QED) is 0.794. The Bertz CT molecular complexity index is 414. The first-order valence-electron chi connectivity index (χ1n) is 8.89. The molecule has 0 radical (unpaired) electrons. The Morgan fingerprint density at radius 1 is 0.909 bits per heavy atom. The Labute approximate surface area is 137 Å². The number of carbonyl (C=O) groups excluding carboxylic acids is 1. The van der Waals surface area contributed by atoms with Crippen molar-refractivity contribution in [1.82, 2.24) is 9.80 Å². The van der Waals surface area contributed by atoms with Gasteiger partial charge in [0, 0.05) is 37.1 Å². The average molecular weight is 309 g/mol. The van der Waals surface area contributed by atoms with Gasteiger partial charge in [0.1, 0.15) is 0 Å². The van der Waals surface area contributed by atoms with Gasteiger partial charge in [-0.1, -0.05) is 20.8 Å². The highest BCUT2D eigenvalue weighted by Gasteiger charge is 2.49. The number of Topliss-reactive ketones (excluding diaryl/α,β-unsaturated/α-hetero) is 1. The maximum absolute atomic E-state index is 12.8. The summed E-state index contributed by atoms with van der Waals surface area (Å²) in [6.45, 7) is 19.8. The molecule has 2 rings (SSSR count). The van der Waals surface area contributed by atoms with Crippen molar-refractivity contribution in [2.45, 2.75) is 97.8 Å². The second kappa shape index (κ2) is 5.59. The van der Waals surface area contributed by atoms with Crippen LogP contribution in [0.3, 0.4) is 0 Å². The number of likely N-dealkylation sites (tertiary alicyclic amines) is 1. The van der Waals surface area contributed by atoms with E-state index in [1.165, 1.54) is 12.8 Å². The molecule has 2 bridgehead atoms. The summed E-state index contributed by atoms with van der Waals surface area (Å²) < 4.78 is 0. The molecule has 0 aromatic carbocycles. The molecule has 2 atom stereocenters. The molecule has 2 aliphatic heterocycles. The lowest BCUT2D eigenvalue weighted by atomic mass is 9.82. The summed E-state index contributed by atoms with van der Waals surface area (Å²) in [7, 11) is 0. The van der Waals surface area contributed by atoms with Gasteiger partial charge in [0.05, 0.1) is 5.54 Å². The van der Waals surface area contributed by atoms with Crippen molar-refractivity contribution in [2.24, 2.45) is 5.41 Å². The summed E-state index contributed by atoms with van der Waals surface area (Å²) in [4.78, 5) is 18.0. The molecule has 3 nitrogen and oxygen atoms in total. The van der Waals surface area contributed by atoms with E-state index in [-0.39, 0.29) is 16.5 Å². The lowest BCUT2D eigenvalue weighted by Crippen LogP contribution is -2.65. The van der Waals surface area contributed by atoms with Crippen LogP contribution in [0.25, 0.3) is 0 Å². The smallest absolute Gasteiger partial charge is 0.153 e. The van der Waals surface area contributed by atoms with Gasteiger partial charge in [-0.3, -0.25) is 14.6 Å². The minimum absolute atomic E-state index is 0.0700. The molecule has 0 saturated carbocycles. The van der Waals surface area contributed by atoms with Crippen LogP contribution in [0, 0.1) is 5.41 Å². The summed E-state index contributed by atoms with van der Waals surface area (Å²) >= 11 is 0. The number of hydrogen-bond donors (Lipinski definition) is 0. The molecular weight excluding hydrogens is 272 g/mol. The zero-order valence-corrected chi connectivity index (χ0v) is 16.0. The number of rotatable bonds is 3. The van der Waals surface area contributed by atoms with Gasteiger partial charge in [0.2, 0.25) is 0 Å². The first-order valence-corrected chi connectivity index (χ1v) is 8.89. The van der Waals surface area contributed by atoms with Crippen molar-refractivity contribution in [3.8, 4) is 0 Å². The van der Waals surface area contributed by atoms with Crippen molar-refractivity contribution in [2.75, 3.05) is 13.1 Å². The van der Waals surface area contributed by atoms with Crippen LogP contribution in [-0.2, 0) is 4.79 Å². The van der Waals surface area contributed by atoms with Crippen LogP contribution < -0.4 is 0 Å². The molecule has 0 amide bonds. The van der Waals surface area contributed by atoms with Crippen molar-refractivity contribution in [1.29, 1.82) is 0 Å². The summed E-state index contributed by atoms with van der Waals surface area (Å²) in [5, 5.41) is 0. The standard InChI is InChI=1S/C19H36N2O/c1-17(2,3)11-16(22)19(7,8)20-12-14-9-10-15(13-20)21(14)18(4,5)6/h14-15H,9-13H2,1-8H3. The largest absolute Gasteiger partial charge is 0.298 e. The predicted molar refractivity (Wildman–Crippen MR) is 93.1 cm³/mol. The maximum atomic E-state index is 12.8. The van der Waals surface area contributed by atoms with E-state index in [1.807, 2.05) is 0 Å². The predicted octanol–water partition coefficient (Wildman–Crippen LogP) is 3.72. The molecule has 128 valence electrons. The number of nitrogens with zero attached hydrogens (tertiary/aromatic N) is 2. The minimum atomic E-state index is -0.335. The highest BCUT2D eigenvalue weighted by Crippen LogP contribution is 2.39. The van der Waals surface area contributed by atoms with Crippen LogP contribution in [0.1, 0.15) is 74.7 Å². The Balaban J connectivity index is 2.11. The molecule has 22 heavy (non-hydrogen) atoms. The van der Waals surface area contributed by atoms with E-state index >= 15 is 0 Å². The molecule has 2 fully saturated rings. The fourth-order valence-electron chi connectivity index (χ4n) is 4.33. The Morgan fingerprint density at radius 3 is 1.73 bits per heavy atom. The van der Waals surface area contributed by atoms with Crippen LogP contribution in [0.15, 0.2) is 0 Å². The van der Waals surface area contributed by atoms with Crippen molar-refractivity contribution >= 4 is 5.78 Å². The van der Waals surface area contributed by atoms with Crippen molar-refractivity contribution < 1.29 is 4.79 Å². The second-order valence-electron chi connectivity index (χ2n) is 10.1. The third-order valence-electron chi connectivity index (χ3n) is 5.42. The Morgan fingerprint density at radius 2 is 1.36 bits per heavy atom. The number of hydrogen-bond acceptors (Lipinski definition) is 3. The van der Waals surface area contributed by atoms with Gasteiger partial charge < -0.3 is 0 Å². The number of fused-ring (bicyclic) bond motifs is 2. The number of ketones is 1. The van der Waals surface area contributed by atoms with Gasteiger partial charge in [-0.2, -0.15) is 0 Å². The van der Waals surface area contributed by atoms with Crippen LogP contribution in [-0.4, -0.2) is 51.8 Å². The third-order valence-corrected chi connectivity index (χ3v) is 5.42. The summed E-state index contributed by atoms with van der Waals surface area (Å²) in [5.74, 6) is 0.392. The molecule has 2 aliphatic rings. The van der Waals surface area contributed by atoms with E-state index in [2.05, 4.69) is 65.2 Å². The van der Waals surface area contributed by atoms with Crippen LogP contribution >= 0.6 is 0 Å². The molecule has 2 heterocycles. The first kappa shape index (κ1) is 17.9. The summed E-state index contributed by atoms with van der Waals surface area (Å²) in [6, 6.07) is 1.22. The topological polar surface area (TPSA) is 23.6 Å². The minimum Gasteiger partial charge on any atom is -0.298 e. The maximum Gasteiger partial charge on any atom is 0.153 e. The third kappa shape index (κ3) is 3.56. The van der Waals surface area contributed by atoms with Crippen molar-refractivity contribution in [3.63, 3.8) is 0 Å². The monoisotopic (exact) mass is 308 g/mol. The lowest BCUT2D eigenvalue weighted by Gasteiger charge is -2.51. The van der Waals surface area contributed by atoms with Gasteiger partial charge in [-0.05, 0) is 52.9 Å². The lowest BCUT2D eigenvalue weighted by molar-refractivity contribution is -0.134. The van der Waals surface area contributed by atoms with E-state index in [9.17, 15) is 4.79 Å². The fraction of sp³-hybridized carbons (Fsp3) is 0.947. The Kier molecular flexibility index (Phi) is 4.56. The van der Waals surface area contributed by atoms with E-state index < -0.39 is 0 Å². The van der Waals surface area contributed by atoms with Crippen molar-refractivity contribution in [3.05, 3.63) is 0 Å². The number of carbonyl (C=O) groups is 1. The molecule has 0 spiro atoms. The van der Waals surface area contributed by atoms with E-state index in [0.29, 0.717) is 24.3 Å². The molecule has 3 heteroatoms. The molecule has 0 aliphatic carbocycles. The zero-order chi connectivity index (χ0) is 16.9.